The first-order chi connectivity index (χ1) is 8.24. The van der Waals surface area contributed by atoms with Crippen molar-refractivity contribution in [2.45, 2.75) is 19.4 Å². The monoisotopic (exact) mass is 255 g/mol. The van der Waals surface area contributed by atoms with E-state index in [9.17, 15) is 20.0 Å². The van der Waals surface area contributed by atoms with Crippen LogP contribution >= 0.6 is 0 Å². The van der Waals surface area contributed by atoms with Crippen molar-refractivity contribution in [2.24, 2.45) is 0 Å². The number of aromatic nitrogens is 1. The molecule has 3 N–H and O–H groups in total. The van der Waals surface area contributed by atoms with E-state index in [-0.39, 0.29) is 18.1 Å². The Balaban J connectivity index is 2.94. The smallest absolute Gasteiger partial charge is 0.337 e. The second-order valence-electron chi connectivity index (χ2n) is 4.01. The maximum Gasteiger partial charge on any atom is 0.337 e. The molecule has 1 aromatic heterocycles. The van der Waals surface area contributed by atoms with Crippen LogP contribution in [0.5, 0.6) is 0 Å². The minimum atomic E-state index is -2.03. The summed E-state index contributed by atoms with van der Waals surface area (Å²) in [5.41, 5.74) is -1.76. The third-order valence-corrected chi connectivity index (χ3v) is 2.27. The van der Waals surface area contributed by atoms with E-state index in [0.29, 0.717) is 5.69 Å². The van der Waals surface area contributed by atoms with Gasteiger partial charge in [0.05, 0.1) is 11.5 Å². The van der Waals surface area contributed by atoms with Gasteiger partial charge in [-0.25, -0.2) is 9.78 Å². The number of hydrogen-bond acceptors (Lipinski definition) is 6. The van der Waals surface area contributed by atoms with Crippen LogP contribution in [0.2, 0.25) is 0 Å². The van der Waals surface area contributed by atoms with Gasteiger partial charge in [-0.2, -0.15) is 0 Å². The van der Waals surface area contributed by atoms with E-state index in [4.69, 9.17) is 5.11 Å². The van der Waals surface area contributed by atoms with Crippen molar-refractivity contribution in [3.8, 4) is 0 Å². The topological polar surface area (TPSA) is 126 Å². The molecule has 0 saturated carbocycles. The highest BCUT2D eigenvalue weighted by Gasteiger charge is 2.30. The highest BCUT2D eigenvalue weighted by atomic mass is 16.6. The Bertz CT molecular complexity index is 486. The standard InChI is InChI=1S/C10H13N3O5/c1-6-3-4-7(13(17)18)8(12-6)11-5-10(2,16)9(14)15/h3-4,16H,5H2,1-2H3,(H,11,12)(H,14,15). The number of carboxylic acid groups (broad SMARTS) is 1. The van der Waals surface area contributed by atoms with Gasteiger partial charge >= 0.3 is 11.7 Å². The second-order valence-corrected chi connectivity index (χ2v) is 4.01. The van der Waals surface area contributed by atoms with E-state index in [0.717, 1.165) is 6.92 Å². The lowest BCUT2D eigenvalue weighted by atomic mass is 10.1. The number of aliphatic hydroxyl groups is 1. The minimum Gasteiger partial charge on any atom is -0.479 e. The van der Waals surface area contributed by atoms with E-state index >= 15 is 0 Å². The molecule has 0 spiro atoms. The van der Waals surface area contributed by atoms with Crippen LogP contribution in [0.3, 0.4) is 0 Å². The van der Waals surface area contributed by atoms with Crippen LogP contribution in [0.25, 0.3) is 0 Å². The van der Waals surface area contributed by atoms with Crippen LogP contribution in [0.1, 0.15) is 12.6 Å². The summed E-state index contributed by atoms with van der Waals surface area (Å²) in [4.78, 5) is 24.7. The maximum absolute atomic E-state index is 10.7. The molecule has 0 fully saturated rings. The van der Waals surface area contributed by atoms with Crippen molar-refractivity contribution in [3.63, 3.8) is 0 Å². The van der Waals surface area contributed by atoms with E-state index in [1.165, 1.54) is 12.1 Å². The van der Waals surface area contributed by atoms with Gasteiger partial charge in [0, 0.05) is 11.8 Å². The fourth-order valence-electron chi connectivity index (χ4n) is 1.16. The lowest BCUT2D eigenvalue weighted by molar-refractivity contribution is -0.384. The van der Waals surface area contributed by atoms with E-state index < -0.39 is 16.5 Å². The molecule has 0 aliphatic heterocycles. The molecule has 0 radical (unpaired) electrons. The fraction of sp³-hybridized carbons (Fsp3) is 0.400. The molecule has 0 aliphatic carbocycles. The zero-order chi connectivity index (χ0) is 13.9. The molecule has 0 amide bonds. The van der Waals surface area contributed by atoms with Crippen LogP contribution < -0.4 is 5.32 Å². The quantitative estimate of drug-likeness (QED) is 0.518. The average molecular weight is 255 g/mol. The summed E-state index contributed by atoms with van der Waals surface area (Å²) in [5, 5.41) is 31.4. The zero-order valence-corrected chi connectivity index (χ0v) is 9.88. The molecule has 1 aromatic rings. The SMILES string of the molecule is Cc1ccc([N+](=O)[O-])c(NCC(C)(O)C(=O)O)n1. The number of aliphatic carboxylic acids is 1. The molecule has 1 atom stereocenters. The van der Waals surface area contributed by atoms with Gasteiger partial charge in [0.25, 0.3) is 0 Å². The summed E-state index contributed by atoms with van der Waals surface area (Å²) in [6.07, 6.45) is 0. The van der Waals surface area contributed by atoms with Gasteiger partial charge < -0.3 is 15.5 Å². The number of rotatable bonds is 5. The van der Waals surface area contributed by atoms with Gasteiger partial charge in [0.2, 0.25) is 5.82 Å². The molecule has 1 rings (SSSR count). The molecular weight excluding hydrogens is 242 g/mol. The number of nitro groups is 1. The molecule has 0 saturated heterocycles. The molecule has 8 nitrogen and oxygen atoms in total. The lowest BCUT2D eigenvalue weighted by Crippen LogP contribution is -2.42. The summed E-state index contributed by atoms with van der Waals surface area (Å²) in [6, 6.07) is 2.73. The molecule has 98 valence electrons. The highest BCUT2D eigenvalue weighted by molar-refractivity contribution is 5.77. The number of carboxylic acids is 1. The fourth-order valence-corrected chi connectivity index (χ4v) is 1.16. The summed E-state index contributed by atoms with van der Waals surface area (Å²) in [5.74, 6) is -1.49. The van der Waals surface area contributed by atoms with Crippen molar-refractivity contribution in [1.82, 2.24) is 4.98 Å². The number of anilines is 1. The van der Waals surface area contributed by atoms with Crippen molar-refractivity contribution in [2.75, 3.05) is 11.9 Å². The largest absolute Gasteiger partial charge is 0.479 e. The Morgan fingerprint density at radius 2 is 2.22 bits per heavy atom. The Morgan fingerprint density at radius 3 is 2.72 bits per heavy atom. The van der Waals surface area contributed by atoms with Crippen LogP contribution in [-0.2, 0) is 4.79 Å². The predicted octanol–water partition coefficient (Wildman–Crippen LogP) is 0.546. The molecule has 1 unspecified atom stereocenters. The number of nitrogens with one attached hydrogen (secondary N) is 1. The Morgan fingerprint density at radius 1 is 1.61 bits per heavy atom. The maximum atomic E-state index is 10.7. The van der Waals surface area contributed by atoms with Crippen molar-refractivity contribution in [1.29, 1.82) is 0 Å². The zero-order valence-electron chi connectivity index (χ0n) is 9.88. The summed E-state index contributed by atoms with van der Waals surface area (Å²) >= 11 is 0. The number of carbonyl (C=O) groups is 1. The van der Waals surface area contributed by atoms with Crippen molar-refractivity contribution < 1.29 is 19.9 Å². The Hall–Kier alpha value is -2.22. The van der Waals surface area contributed by atoms with E-state index in [1.54, 1.807) is 6.92 Å². The first kappa shape index (κ1) is 13.8. The molecule has 0 aromatic carbocycles. The first-order valence-electron chi connectivity index (χ1n) is 5.06. The highest BCUT2D eigenvalue weighted by Crippen LogP contribution is 2.22. The molecular formula is C10H13N3O5. The van der Waals surface area contributed by atoms with Crippen LogP contribution in [0.15, 0.2) is 12.1 Å². The van der Waals surface area contributed by atoms with E-state index in [1.807, 2.05) is 0 Å². The average Bonchev–Trinajstić information content (AvgIpc) is 2.26. The third-order valence-electron chi connectivity index (χ3n) is 2.27. The van der Waals surface area contributed by atoms with E-state index in [2.05, 4.69) is 10.3 Å². The summed E-state index contributed by atoms with van der Waals surface area (Å²) in [6.45, 7) is 2.34. The third kappa shape index (κ3) is 3.14. The summed E-state index contributed by atoms with van der Waals surface area (Å²) in [7, 11) is 0. The number of aryl methyl sites for hydroxylation is 1. The number of pyridine rings is 1. The number of hydrogen-bond donors (Lipinski definition) is 3. The molecule has 18 heavy (non-hydrogen) atoms. The van der Waals surface area contributed by atoms with Gasteiger partial charge in [-0.05, 0) is 19.9 Å². The van der Waals surface area contributed by atoms with Gasteiger partial charge in [0.15, 0.2) is 5.60 Å². The Labute approximate surface area is 102 Å². The molecule has 0 bridgehead atoms. The van der Waals surface area contributed by atoms with Crippen molar-refractivity contribution in [3.05, 3.63) is 27.9 Å². The molecule has 0 aliphatic rings. The molecule has 8 heteroatoms. The van der Waals surface area contributed by atoms with Crippen LogP contribution in [-0.4, -0.2) is 38.2 Å². The summed E-state index contributed by atoms with van der Waals surface area (Å²) < 4.78 is 0. The van der Waals surface area contributed by atoms with Crippen molar-refractivity contribution >= 4 is 17.5 Å². The van der Waals surface area contributed by atoms with Crippen LogP contribution in [0, 0.1) is 17.0 Å². The Kier molecular flexibility index (Phi) is 3.82. The van der Waals surface area contributed by atoms with Gasteiger partial charge in [0.1, 0.15) is 0 Å². The lowest BCUT2D eigenvalue weighted by Gasteiger charge is -2.18. The van der Waals surface area contributed by atoms with Gasteiger partial charge in [-0.15, -0.1) is 0 Å². The van der Waals surface area contributed by atoms with Gasteiger partial charge in [-0.3, -0.25) is 10.1 Å². The first-order valence-corrected chi connectivity index (χ1v) is 5.06. The van der Waals surface area contributed by atoms with Gasteiger partial charge in [-0.1, -0.05) is 0 Å². The predicted molar refractivity (Wildman–Crippen MR) is 62.4 cm³/mol. The number of nitrogens with zero attached hydrogens (tertiary/aromatic N) is 2. The minimum absolute atomic E-state index is 0.0680. The second kappa shape index (κ2) is 4.96. The molecule has 1 heterocycles. The van der Waals surface area contributed by atoms with Crippen LogP contribution in [0.4, 0.5) is 11.5 Å². The normalized spacial score (nSPS) is 13.7.